The SMILES string of the molecule is CC(C)(S)CC(C)(C)NCCN. The molecule has 0 aliphatic rings. The van der Waals surface area contributed by atoms with Gasteiger partial charge in [-0.2, -0.15) is 12.6 Å². The molecule has 0 amide bonds. The van der Waals surface area contributed by atoms with Gasteiger partial charge in [0.2, 0.25) is 0 Å². The number of rotatable bonds is 5. The molecule has 12 heavy (non-hydrogen) atoms. The van der Waals surface area contributed by atoms with Crippen LogP contribution in [0.5, 0.6) is 0 Å². The largest absolute Gasteiger partial charge is 0.329 e. The summed E-state index contributed by atoms with van der Waals surface area (Å²) in [6, 6.07) is 0. The van der Waals surface area contributed by atoms with E-state index in [1.807, 2.05) is 0 Å². The Morgan fingerprint density at radius 1 is 1.25 bits per heavy atom. The lowest BCUT2D eigenvalue weighted by Gasteiger charge is -2.32. The number of nitrogens with one attached hydrogen (secondary N) is 1. The lowest BCUT2D eigenvalue weighted by atomic mass is 9.92. The second kappa shape index (κ2) is 4.49. The van der Waals surface area contributed by atoms with Gasteiger partial charge in [-0.05, 0) is 20.3 Å². The van der Waals surface area contributed by atoms with Gasteiger partial charge in [0, 0.05) is 23.4 Å². The molecule has 0 aliphatic carbocycles. The normalized spacial score (nSPS) is 13.5. The molecule has 0 aromatic rings. The quantitative estimate of drug-likeness (QED) is 0.574. The molecular formula is C9H22N2S. The number of hydrogen-bond donors (Lipinski definition) is 3. The highest BCUT2D eigenvalue weighted by Crippen LogP contribution is 2.24. The molecule has 3 heteroatoms. The third kappa shape index (κ3) is 6.95. The van der Waals surface area contributed by atoms with Gasteiger partial charge in [0.25, 0.3) is 0 Å². The van der Waals surface area contributed by atoms with Crippen LogP contribution in [0.4, 0.5) is 0 Å². The van der Waals surface area contributed by atoms with E-state index in [4.69, 9.17) is 5.73 Å². The fourth-order valence-electron chi connectivity index (χ4n) is 1.55. The first-order valence-electron chi connectivity index (χ1n) is 4.44. The zero-order chi connectivity index (χ0) is 9.83. The van der Waals surface area contributed by atoms with Crippen LogP contribution in [0.15, 0.2) is 0 Å². The summed E-state index contributed by atoms with van der Waals surface area (Å²) in [6.07, 6.45) is 1.03. The first kappa shape index (κ1) is 12.3. The van der Waals surface area contributed by atoms with E-state index in [1.54, 1.807) is 0 Å². The topological polar surface area (TPSA) is 38.0 Å². The highest BCUT2D eigenvalue weighted by Gasteiger charge is 2.24. The minimum absolute atomic E-state index is 0.0745. The van der Waals surface area contributed by atoms with E-state index < -0.39 is 0 Å². The predicted molar refractivity (Wildman–Crippen MR) is 58.8 cm³/mol. The van der Waals surface area contributed by atoms with E-state index in [2.05, 4.69) is 45.6 Å². The van der Waals surface area contributed by atoms with Crippen molar-refractivity contribution in [3.05, 3.63) is 0 Å². The van der Waals surface area contributed by atoms with Gasteiger partial charge in [0.05, 0.1) is 0 Å². The Morgan fingerprint density at radius 3 is 2.08 bits per heavy atom. The maximum absolute atomic E-state index is 5.42. The summed E-state index contributed by atoms with van der Waals surface area (Å²) in [7, 11) is 0. The first-order valence-corrected chi connectivity index (χ1v) is 4.89. The Balaban J connectivity index is 3.86. The molecule has 0 aliphatic heterocycles. The van der Waals surface area contributed by atoms with Crippen LogP contribution in [0, 0.1) is 0 Å². The fourth-order valence-corrected chi connectivity index (χ4v) is 1.95. The van der Waals surface area contributed by atoms with E-state index in [0.717, 1.165) is 13.0 Å². The van der Waals surface area contributed by atoms with E-state index in [-0.39, 0.29) is 10.3 Å². The Morgan fingerprint density at radius 2 is 1.75 bits per heavy atom. The standard InChI is InChI=1S/C9H22N2S/c1-8(2,11-6-5-10)7-9(3,4)12/h11-12H,5-7,10H2,1-4H3. The molecule has 3 N–H and O–H groups in total. The highest BCUT2D eigenvalue weighted by molar-refractivity contribution is 7.81. The van der Waals surface area contributed by atoms with Crippen molar-refractivity contribution in [2.75, 3.05) is 13.1 Å². The van der Waals surface area contributed by atoms with E-state index >= 15 is 0 Å². The maximum Gasteiger partial charge on any atom is 0.0138 e. The molecule has 2 nitrogen and oxygen atoms in total. The molecule has 0 rings (SSSR count). The third-order valence-corrected chi connectivity index (χ3v) is 1.78. The second-order valence-electron chi connectivity index (χ2n) is 4.59. The molecule has 0 heterocycles. The van der Waals surface area contributed by atoms with Gasteiger partial charge < -0.3 is 11.1 Å². The van der Waals surface area contributed by atoms with Crippen molar-refractivity contribution in [2.24, 2.45) is 5.73 Å². The highest BCUT2D eigenvalue weighted by atomic mass is 32.1. The maximum atomic E-state index is 5.42. The fraction of sp³-hybridized carbons (Fsp3) is 1.00. The van der Waals surface area contributed by atoms with Crippen LogP contribution in [0.25, 0.3) is 0 Å². The minimum Gasteiger partial charge on any atom is -0.329 e. The molecule has 0 saturated carbocycles. The van der Waals surface area contributed by atoms with Crippen LogP contribution in [-0.2, 0) is 0 Å². The molecule has 0 unspecified atom stereocenters. The van der Waals surface area contributed by atoms with Gasteiger partial charge in [-0.3, -0.25) is 0 Å². The van der Waals surface area contributed by atoms with Gasteiger partial charge in [0.1, 0.15) is 0 Å². The average Bonchev–Trinajstić information content (AvgIpc) is 1.78. The number of hydrogen-bond acceptors (Lipinski definition) is 3. The van der Waals surface area contributed by atoms with Crippen LogP contribution in [-0.4, -0.2) is 23.4 Å². The first-order chi connectivity index (χ1) is 5.27. The van der Waals surface area contributed by atoms with Gasteiger partial charge in [0.15, 0.2) is 0 Å². The van der Waals surface area contributed by atoms with Crippen molar-refractivity contribution >= 4 is 12.6 Å². The molecular weight excluding hydrogens is 168 g/mol. The van der Waals surface area contributed by atoms with Crippen LogP contribution >= 0.6 is 12.6 Å². The minimum atomic E-state index is 0.0745. The molecule has 0 radical (unpaired) electrons. The molecule has 0 fully saturated rings. The van der Waals surface area contributed by atoms with Crippen molar-refractivity contribution in [2.45, 2.75) is 44.4 Å². The lowest BCUT2D eigenvalue weighted by Crippen LogP contribution is -2.45. The Labute approximate surface area is 81.7 Å². The summed E-state index contributed by atoms with van der Waals surface area (Å²) in [6.45, 7) is 10.2. The van der Waals surface area contributed by atoms with Crippen LogP contribution in [0.3, 0.4) is 0 Å². The molecule has 0 atom stereocenters. The van der Waals surface area contributed by atoms with Gasteiger partial charge >= 0.3 is 0 Å². The van der Waals surface area contributed by atoms with Crippen LogP contribution < -0.4 is 11.1 Å². The molecule has 0 saturated heterocycles. The number of thiol groups is 1. The average molecular weight is 190 g/mol. The molecule has 0 aromatic heterocycles. The molecule has 0 bridgehead atoms. The van der Waals surface area contributed by atoms with Crippen molar-refractivity contribution in [3.63, 3.8) is 0 Å². The summed E-state index contributed by atoms with van der Waals surface area (Å²) in [5, 5.41) is 3.39. The van der Waals surface area contributed by atoms with Crippen LogP contribution in [0.1, 0.15) is 34.1 Å². The van der Waals surface area contributed by atoms with E-state index in [9.17, 15) is 0 Å². The zero-order valence-electron chi connectivity index (χ0n) is 8.65. The Kier molecular flexibility index (Phi) is 4.59. The van der Waals surface area contributed by atoms with Crippen molar-refractivity contribution in [1.82, 2.24) is 5.32 Å². The molecule has 0 aromatic carbocycles. The smallest absolute Gasteiger partial charge is 0.0138 e. The van der Waals surface area contributed by atoms with E-state index in [1.165, 1.54) is 0 Å². The molecule has 0 spiro atoms. The number of nitrogens with two attached hydrogens (primary N) is 1. The second-order valence-corrected chi connectivity index (χ2v) is 5.80. The van der Waals surface area contributed by atoms with Crippen LogP contribution in [0.2, 0.25) is 0 Å². The summed E-state index contributed by atoms with van der Waals surface area (Å²) >= 11 is 4.50. The van der Waals surface area contributed by atoms with Gasteiger partial charge in [-0.15, -0.1) is 0 Å². The summed E-state index contributed by atoms with van der Waals surface area (Å²) in [5.41, 5.74) is 5.55. The van der Waals surface area contributed by atoms with Crippen molar-refractivity contribution in [3.8, 4) is 0 Å². The van der Waals surface area contributed by atoms with Crippen molar-refractivity contribution in [1.29, 1.82) is 0 Å². The lowest BCUT2D eigenvalue weighted by molar-refractivity contribution is 0.338. The summed E-state index contributed by atoms with van der Waals surface area (Å²) in [5.74, 6) is 0. The van der Waals surface area contributed by atoms with E-state index in [0.29, 0.717) is 6.54 Å². The monoisotopic (exact) mass is 190 g/mol. The molecule has 74 valence electrons. The van der Waals surface area contributed by atoms with Gasteiger partial charge in [-0.25, -0.2) is 0 Å². The van der Waals surface area contributed by atoms with Crippen molar-refractivity contribution < 1.29 is 0 Å². The summed E-state index contributed by atoms with van der Waals surface area (Å²) < 4.78 is 0.0745. The Bertz CT molecular complexity index is 127. The van der Waals surface area contributed by atoms with Gasteiger partial charge in [-0.1, -0.05) is 13.8 Å². The zero-order valence-corrected chi connectivity index (χ0v) is 9.54. The summed E-state index contributed by atoms with van der Waals surface area (Å²) in [4.78, 5) is 0. The predicted octanol–water partition coefficient (Wildman–Crippen LogP) is 1.41. The Hall–Kier alpha value is 0.270. The third-order valence-electron chi connectivity index (χ3n) is 1.62.